The summed E-state index contributed by atoms with van der Waals surface area (Å²) in [6, 6.07) is 7.92. The zero-order chi connectivity index (χ0) is 23.6. The SMILES string of the molecule is CCOC(=O)C1=C(C)N(CCOC)C(=O)/C1=C\c1cc(C)n(-c2ccc(C)c(Cl)c2)c1C. The molecule has 2 aromatic rings. The maximum atomic E-state index is 13.2. The Labute approximate surface area is 194 Å². The third-order valence-electron chi connectivity index (χ3n) is 5.69. The maximum absolute atomic E-state index is 13.2. The van der Waals surface area contributed by atoms with Gasteiger partial charge in [0.05, 0.1) is 24.4 Å². The Morgan fingerprint density at radius 2 is 1.88 bits per heavy atom. The fourth-order valence-electron chi connectivity index (χ4n) is 3.99. The summed E-state index contributed by atoms with van der Waals surface area (Å²) in [5.74, 6) is -0.727. The smallest absolute Gasteiger partial charge is 0.340 e. The van der Waals surface area contributed by atoms with Crippen LogP contribution in [0, 0.1) is 20.8 Å². The monoisotopic (exact) mass is 456 g/mol. The molecule has 3 rings (SSSR count). The van der Waals surface area contributed by atoms with Crippen LogP contribution < -0.4 is 0 Å². The van der Waals surface area contributed by atoms with E-state index in [2.05, 4.69) is 4.57 Å². The second-order valence-corrected chi connectivity index (χ2v) is 8.19. The van der Waals surface area contributed by atoms with E-state index in [0.717, 1.165) is 28.2 Å². The molecule has 0 N–H and O–H groups in total. The molecule has 0 saturated heterocycles. The van der Waals surface area contributed by atoms with Crippen molar-refractivity contribution < 1.29 is 19.1 Å². The maximum Gasteiger partial charge on any atom is 0.340 e. The molecule has 1 aliphatic heterocycles. The van der Waals surface area contributed by atoms with Gasteiger partial charge in [0.2, 0.25) is 0 Å². The Balaban J connectivity index is 2.10. The van der Waals surface area contributed by atoms with Gasteiger partial charge in [0.15, 0.2) is 0 Å². The summed E-state index contributed by atoms with van der Waals surface area (Å²) in [5, 5.41) is 0.692. The fourth-order valence-corrected chi connectivity index (χ4v) is 4.16. The lowest BCUT2D eigenvalue weighted by Crippen LogP contribution is -2.28. The first-order chi connectivity index (χ1) is 15.2. The molecule has 7 heteroatoms. The van der Waals surface area contributed by atoms with Crippen molar-refractivity contribution in [2.45, 2.75) is 34.6 Å². The number of methoxy groups -OCH3 is 1. The molecule has 1 aromatic heterocycles. The largest absolute Gasteiger partial charge is 0.462 e. The van der Waals surface area contributed by atoms with E-state index in [1.54, 1.807) is 31.9 Å². The summed E-state index contributed by atoms with van der Waals surface area (Å²) >= 11 is 6.35. The van der Waals surface area contributed by atoms with Gasteiger partial charge < -0.3 is 18.9 Å². The van der Waals surface area contributed by atoms with E-state index in [0.29, 0.717) is 35.0 Å². The average Bonchev–Trinajstić information content (AvgIpc) is 3.15. The van der Waals surface area contributed by atoms with Crippen molar-refractivity contribution in [3.63, 3.8) is 0 Å². The molecule has 0 spiro atoms. The second kappa shape index (κ2) is 9.76. The molecular formula is C25H29ClN2O4. The van der Waals surface area contributed by atoms with Gasteiger partial charge in [-0.05, 0) is 70.0 Å². The number of nitrogens with zero attached hydrogens (tertiary/aromatic N) is 2. The highest BCUT2D eigenvalue weighted by atomic mass is 35.5. The first-order valence-electron chi connectivity index (χ1n) is 10.6. The van der Waals surface area contributed by atoms with Gasteiger partial charge in [-0.25, -0.2) is 4.79 Å². The average molecular weight is 457 g/mol. The normalized spacial score (nSPS) is 15.3. The molecule has 1 aliphatic rings. The zero-order valence-corrected chi connectivity index (χ0v) is 20.2. The molecule has 170 valence electrons. The lowest BCUT2D eigenvalue weighted by atomic mass is 10.0. The summed E-state index contributed by atoms with van der Waals surface area (Å²) in [6.07, 6.45) is 1.78. The highest BCUT2D eigenvalue weighted by Gasteiger charge is 2.37. The van der Waals surface area contributed by atoms with Crippen molar-refractivity contribution >= 4 is 29.6 Å². The highest BCUT2D eigenvalue weighted by molar-refractivity contribution is 6.31. The third kappa shape index (κ3) is 4.38. The number of benzene rings is 1. The van der Waals surface area contributed by atoms with Gasteiger partial charge in [0.25, 0.3) is 5.91 Å². The summed E-state index contributed by atoms with van der Waals surface area (Å²) in [4.78, 5) is 27.5. The molecule has 0 fully saturated rings. The van der Waals surface area contributed by atoms with Crippen LogP contribution in [-0.4, -0.2) is 48.2 Å². The van der Waals surface area contributed by atoms with E-state index in [9.17, 15) is 9.59 Å². The number of carbonyl (C=O) groups excluding carboxylic acids is 2. The van der Waals surface area contributed by atoms with Crippen LogP contribution >= 0.6 is 11.6 Å². The van der Waals surface area contributed by atoms with Crippen LogP contribution in [0.15, 0.2) is 41.1 Å². The molecule has 0 aliphatic carbocycles. The van der Waals surface area contributed by atoms with Crippen LogP contribution in [0.4, 0.5) is 0 Å². The topological polar surface area (TPSA) is 60.8 Å². The van der Waals surface area contributed by atoms with Crippen molar-refractivity contribution in [3.05, 3.63) is 68.6 Å². The van der Waals surface area contributed by atoms with Crippen LogP contribution in [-0.2, 0) is 19.1 Å². The molecule has 2 heterocycles. The number of amides is 1. The van der Waals surface area contributed by atoms with E-state index in [-0.39, 0.29) is 12.5 Å². The van der Waals surface area contributed by atoms with Gasteiger partial charge in [-0.2, -0.15) is 0 Å². The summed E-state index contributed by atoms with van der Waals surface area (Å²) in [7, 11) is 1.58. The number of allylic oxidation sites excluding steroid dienone is 1. The molecular weight excluding hydrogens is 428 g/mol. The Hall–Kier alpha value is -2.83. The van der Waals surface area contributed by atoms with Crippen molar-refractivity contribution in [1.82, 2.24) is 9.47 Å². The number of carbonyl (C=O) groups is 2. The molecule has 0 bridgehead atoms. The van der Waals surface area contributed by atoms with Crippen molar-refractivity contribution in [1.29, 1.82) is 0 Å². The van der Waals surface area contributed by atoms with Crippen molar-refractivity contribution in [2.24, 2.45) is 0 Å². The van der Waals surface area contributed by atoms with Crippen LogP contribution in [0.25, 0.3) is 11.8 Å². The van der Waals surface area contributed by atoms with Crippen LogP contribution in [0.2, 0.25) is 5.02 Å². The molecule has 6 nitrogen and oxygen atoms in total. The third-order valence-corrected chi connectivity index (χ3v) is 6.10. The Morgan fingerprint density at radius 1 is 1.16 bits per heavy atom. The zero-order valence-electron chi connectivity index (χ0n) is 19.4. The predicted octanol–water partition coefficient (Wildman–Crippen LogP) is 4.77. The molecule has 0 unspecified atom stereocenters. The number of hydrogen-bond acceptors (Lipinski definition) is 4. The Bertz CT molecular complexity index is 1130. The summed E-state index contributed by atoms with van der Waals surface area (Å²) < 4.78 is 12.5. The van der Waals surface area contributed by atoms with Gasteiger partial charge in [-0.15, -0.1) is 0 Å². The number of aromatic nitrogens is 1. The highest BCUT2D eigenvalue weighted by Crippen LogP contribution is 2.33. The number of rotatable bonds is 7. The second-order valence-electron chi connectivity index (χ2n) is 7.78. The Morgan fingerprint density at radius 3 is 2.50 bits per heavy atom. The number of aryl methyl sites for hydroxylation is 2. The van der Waals surface area contributed by atoms with E-state index in [1.807, 2.05) is 45.0 Å². The minimum atomic E-state index is -0.497. The first kappa shape index (κ1) is 23.8. The van der Waals surface area contributed by atoms with Gasteiger partial charge >= 0.3 is 5.97 Å². The van der Waals surface area contributed by atoms with Gasteiger partial charge in [0, 0.05) is 41.4 Å². The minimum absolute atomic E-state index is 0.231. The molecule has 1 amide bonds. The molecule has 1 aromatic carbocycles. The minimum Gasteiger partial charge on any atom is -0.462 e. The molecule has 0 saturated carbocycles. The van der Waals surface area contributed by atoms with Crippen molar-refractivity contribution in [3.8, 4) is 5.69 Å². The molecule has 0 atom stereocenters. The predicted molar refractivity (Wildman–Crippen MR) is 126 cm³/mol. The van der Waals surface area contributed by atoms with Gasteiger partial charge in [0.1, 0.15) is 0 Å². The number of ether oxygens (including phenoxy) is 2. The van der Waals surface area contributed by atoms with E-state index >= 15 is 0 Å². The number of hydrogen-bond donors (Lipinski definition) is 0. The first-order valence-corrected chi connectivity index (χ1v) is 10.9. The Kier molecular flexibility index (Phi) is 7.26. The lowest BCUT2D eigenvalue weighted by Gasteiger charge is -2.16. The number of esters is 1. The van der Waals surface area contributed by atoms with Crippen LogP contribution in [0.1, 0.15) is 36.4 Å². The van der Waals surface area contributed by atoms with Crippen LogP contribution in [0.5, 0.6) is 0 Å². The summed E-state index contributed by atoms with van der Waals surface area (Å²) in [6.45, 7) is 10.4. The van der Waals surface area contributed by atoms with Gasteiger partial charge in [-0.1, -0.05) is 17.7 Å². The van der Waals surface area contributed by atoms with Crippen LogP contribution in [0.3, 0.4) is 0 Å². The van der Waals surface area contributed by atoms with E-state index < -0.39 is 5.97 Å². The number of halogens is 1. The quantitative estimate of drug-likeness (QED) is 0.445. The van der Waals surface area contributed by atoms with Gasteiger partial charge in [-0.3, -0.25) is 4.79 Å². The fraction of sp³-hybridized carbons (Fsp3) is 0.360. The summed E-state index contributed by atoms with van der Waals surface area (Å²) in [5.41, 5.74) is 5.95. The van der Waals surface area contributed by atoms with E-state index in [1.165, 1.54) is 0 Å². The van der Waals surface area contributed by atoms with Crippen molar-refractivity contribution in [2.75, 3.05) is 26.9 Å². The molecule has 0 radical (unpaired) electrons. The van der Waals surface area contributed by atoms with E-state index in [4.69, 9.17) is 21.1 Å². The lowest BCUT2D eigenvalue weighted by molar-refractivity contribution is -0.138. The molecule has 32 heavy (non-hydrogen) atoms. The standard InChI is InChI=1S/C25H29ClN2O4/c1-7-32-25(30)23-18(5)27(10-11-31-6)24(29)21(23)13-19-12-16(3)28(17(19)4)20-9-8-15(2)22(26)14-20/h8-9,12-14H,7,10-11H2,1-6H3/b21-13-.